The molecule has 0 amide bonds. The molecule has 8 heteroatoms. The number of hydrogen-bond donors (Lipinski definition) is 0. The summed E-state index contributed by atoms with van der Waals surface area (Å²) >= 11 is 0. The van der Waals surface area contributed by atoms with Crippen LogP contribution in [0.4, 0.5) is 5.82 Å². The molecule has 0 unspecified atom stereocenters. The molecule has 1 saturated heterocycles. The normalized spacial score (nSPS) is 17.0. The maximum atomic E-state index is 12.9. The van der Waals surface area contributed by atoms with E-state index in [-0.39, 0.29) is 4.90 Å². The van der Waals surface area contributed by atoms with Crippen LogP contribution in [0.3, 0.4) is 0 Å². The Kier molecular flexibility index (Phi) is 4.60. The lowest BCUT2D eigenvalue weighted by molar-refractivity contribution is 0.389. The Morgan fingerprint density at radius 1 is 1.08 bits per heavy atom. The number of pyridine rings is 1. The van der Waals surface area contributed by atoms with Gasteiger partial charge in [-0.2, -0.15) is 4.31 Å². The first kappa shape index (κ1) is 16.9. The molecule has 24 heavy (non-hydrogen) atoms. The topological polar surface area (TPSA) is 79.5 Å². The van der Waals surface area contributed by atoms with Crippen molar-refractivity contribution < 1.29 is 12.9 Å². The molecule has 1 aliphatic heterocycles. The molecule has 0 atom stereocenters. The van der Waals surface area contributed by atoms with Crippen molar-refractivity contribution in [2.24, 2.45) is 0 Å². The van der Waals surface area contributed by atoms with Gasteiger partial charge >= 0.3 is 0 Å². The van der Waals surface area contributed by atoms with Crippen molar-refractivity contribution in [3.05, 3.63) is 35.3 Å². The molecule has 7 nitrogen and oxygen atoms in total. The van der Waals surface area contributed by atoms with Crippen LogP contribution >= 0.6 is 0 Å². The van der Waals surface area contributed by atoms with Crippen LogP contribution in [0.5, 0.6) is 0 Å². The summed E-state index contributed by atoms with van der Waals surface area (Å²) in [7, 11) is -3.59. The van der Waals surface area contributed by atoms with Crippen molar-refractivity contribution in [1.29, 1.82) is 0 Å². The molecule has 1 aliphatic rings. The standard InChI is InChI=1S/C16H22N4O3S/c1-12-6-4-7-15(17-12)19-8-5-9-20(11-10-19)24(21,22)16-13(2)18-23-14(16)3/h4,6-7H,5,8-11H2,1-3H3. The van der Waals surface area contributed by atoms with Gasteiger partial charge in [0, 0.05) is 31.9 Å². The van der Waals surface area contributed by atoms with Crippen molar-refractivity contribution in [3.63, 3.8) is 0 Å². The van der Waals surface area contributed by atoms with E-state index in [9.17, 15) is 8.42 Å². The number of sulfonamides is 1. The minimum absolute atomic E-state index is 0.199. The predicted molar refractivity (Wildman–Crippen MR) is 90.5 cm³/mol. The lowest BCUT2D eigenvalue weighted by Crippen LogP contribution is -2.35. The maximum Gasteiger partial charge on any atom is 0.248 e. The first-order chi connectivity index (χ1) is 11.4. The van der Waals surface area contributed by atoms with Crippen molar-refractivity contribution >= 4 is 15.8 Å². The lowest BCUT2D eigenvalue weighted by atomic mass is 10.3. The number of aryl methyl sites for hydroxylation is 3. The lowest BCUT2D eigenvalue weighted by Gasteiger charge is -2.22. The van der Waals surface area contributed by atoms with Crippen molar-refractivity contribution in [2.75, 3.05) is 31.1 Å². The minimum atomic E-state index is -3.59. The van der Waals surface area contributed by atoms with Crippen LogP contribution in [0.25, 0.3) is 0 Å². The van der Waals surface area contributed by atoms with Crippen molar-refractivity contribution in [1.82, 2.24) is 14.4 Å². The largest absolute Gasteiger partial charge is 0.360 e. The first-order valence-corrected chi connectivity index (χ1v) is 9.45. The number of nitrogens with zero attached hydrogens (tertiary/aromatic N) is 4. The monoisotopic (exact) mass is 350 g/mol. The zero-order valence-electron chi connectivity index (χ0n) is 14.2. The number of hydrogen-bond acceptors (Lipinski definition) is 6. The summed E-state index contributed by atoms with van der Waals surface area (Å²) in [5.41, 5.74) is 1.37. The highest BCUT2D eigenvalue weighted by Gasteiger charge is 2.32. The van der Waals surface area contributed by atoms with E-state index in [1.54, 1.807) is 13.8 Å². The highest BCUT2D eigenvalue weighted by molar-refractivity contribution is 7.89. The molecule has 130 valence electrons. The fourth-order valence-electron chi connectivity index (χ4n) is 3.04. The summed E-state index contributed by atoms with van der Waals surface area (Å²) in [6.45, 7) is 7.53. The van der Waals surface area contributed by atoms with Gasteiger partial charge in [0.25, 0.3) is 0 Å². The second kappa shape index (κ2) is 6.52. The van der Waals surface area contributed by atoms with Gasteiger partial charge in [-0.25, -0.2) is 13.4 Å². The third-order valence-electron chi connectivity index (χ3n) is 4.22. The molecular weight excluding hydrogens is 328 g/mol. The van der Waals surface area contributed by atoms with E-state index in [2.05, 4.69) is 15.0 Å². The van der Waals surface area contributed by atoms with Gasteiger partial charge in [0.1, 0.15) is 16.4 Å². The van der Waals surface area contributed by atoms with Gasteiger partial charge in [0.05, 0.1) is 0 Å². The molecule has 2 aromatic heterocycles. The second-order valence-corrected chi connectivity index (χ2v) is 7.91. The van der Waals surface area contributed by atoms with Gasteiger partial charge < -0.3 is 9.42 Å². The summed E-state index contributed by atoms with van der Waals surface area (Å²) in [5, 5.41) is 3.77. The Balaban J connectivity index is 1.81. The quantitative estimate of drug-likeness (QED) is 0.841. The molecule has 3 rings (SSSR count). The third kappa shape index (κ3) is 3.16. The molecule has 2 aromatic rings. The van der Waals surface area contributed by atoms with E-state index in [0.717, 1.165) is 24.5 Å². The fraction of sp³-hybridized carbons (Fsp3) is 0.500. The Morgan fingerprint density at radius 2 is 1.88 bits per heavy atom. The SMILES string of the molecule is Cc1cccc(N2CCCN(S(=O)(=O)c3c(C)noc3C)CC2)n1. The van der Waals surface area contributed by atoms with Gasteiger partial charge in [0.15, 0.2) is 5.76 Å². The molecule has 0 spiro atoms. The Morgan fingerprint density at radius 3 is 2.54 bits per heavy atom. The van der Waals surface area contributed by atoms with E-state index in [1.807, 2.05) is 25.1 Å². The third-order valence-corrected chi connectivity index (χ3v) is 6.36. The van der Waals surface area contributed by atoms with Gasteiger partial charge in [0.2, 0.25) is 10.0 Å². The highest BCUT2D eigenvalue weighted by Crippen LogP contribution is 2.25. The molecule has 0 saturated carbocycles. The predicted octanol–water partition coefficient (Wildman–Crippen LogP) is 1.90. The van der Waals surface area contributed by atoms with Crippen LogP contribution in [0.15, 0.2) is 27.6 Å². The van der Waals surface area contributed by atoms with E-state index in [4.69, 9.17) is 4.52 Å². The average Bonchev–Trinajstić information content (AvgIpc) is 2.75. The van der Waals surface area contributed by atoms with Gasteiger partial charge in [-0.05, 0) is 39.3 Å². The van der Waals surface area contributed by atoms with Crippen molar-refractivity contribution in [3.8, 4) is 0 Å². The molecule has 0 N–H and O–H groups in total. The summed E-state index contributed by atoms with van der Waals surface area (Å²) in [4.78, 5) is 6.87. The van der Waals surface area contributed by atoms with Crippen LogP contribution in [0, 0.1) is 20.8 Å². The van der Waals surface area contributed by atoms with E-state index in [1.165, 1.54) is 4.31 Å². The Bertz CT molecular complexity index is 812. The Hall–Kier alpha value is -1.93. The van der Waals surface area contributed by atoms with Crippen LogP contribution in [-0.2, 0) is 10.0 Å². The number of anilines is 1. The van der Waals surface area contributed by atoms with Crippen LogP contribution in [0.2, 0.25) is 0 Å². The second-order valence-electron chi connectivity index (χ2n) is 6.04. The summed E-state index contributed by atoms with van der Waals surface area (Å²) in [6.07, 6.45) is 0.748. The van der Waals surface area contributed by atoms with Crippen LogP contribution in [-0.4, -0.2) is 49.0 Å². The van der Waals surface area contributed by atoms with Gasteiger partial charge in [-0.15, -0.1) is 0 Å². The molecule has 0 aliphatic carbocycles. The van der Waals surface area contributed by atoms with Crippen molar-refractivity contribution in [2.45, 2.75) is 32.1 Å². The zero-order chi connectivity index (χ0) is 17.3. The molecule has 1 fully saturated rings. The molecule has 0 radical (unpaired) electrons. The van der Waals surface area contributed by atoms with E-state index in [0.29, 0.717) is 31.1 Å². The van der Waals surface area contributed by atoms with Gasteiger partial charge in [-0.3, -0.25) is 0 Å². The number of rotatable bonds is 3. The van der Waals surface area contributed by atoms with E-state index < -0.39 is 10.0 Å². The molecule has 0 aromatic carbocycles. The average molecular weight is 350 g/mol. The van der Waals surface area contributed by atoms with Gasteiger partial charge in [-0.1, -0.05) is 11.2 Å². The first-order valence-electron chi connectivity index (χ1n) is 8.01. The smallest absolute Gasteiger partial charge is 0.248 e. The van der Waals surface area contributed by atoms with E-state index >= 15 is 0 Å². The fourth-order valence-corrected chi connectivity index (χ4v) is 4.80. The summed E-state index contributed by atoms with van der Waals surface area (Å²) in [6, 6.07) is 5.89. The molecule has 0 bridgehead atoms. The highest BCUT2D eigenvalue weighted by atomic mass is 32.2. The molecule has 3 heterocycles. The maximum absolute atomic E-state index is 12.9. The summed E-state index contributed by atoms with van der Waals surface area (Å²) in [5.74, 6) is 1.24. The minimum Gasteiger partial charge on any atom is -0.360 e. The molecular formula is C16H22N4O3S. The Labute approximate surface area is 142 Å². The number of aromatic nitrogens is 2. The van der Waals surface area contributed by atoms with Crippen LogP contribution in [0.1, 0.15) is 23.6 Å². The zero-order valence-corrected chi connectivity index (χ0v) is 15.0. The van der Waals surface area contributed by atoms with Crippen LogP contribution < -0.4 is 4.90 Å². The summed E-state index contributed by atoms with van der Waals surface area (Å²) < 4.78 is 32.4.